The number of ether oxygens (including phenoxy) is 3. The maximum Gasteiger partial charge on any atom is 0.305 e. The van der Waals surface area contributed by atoms with E-state index in [1.54, 1.807) is 0 Å². The molecular weight excluding hydrogens is 596 g/mol. The molecule has 0 saturated carbocycles. The number of alkyl halides is 1. The van der Waals surface area contributed by atoms with Crippen molar-refractivity contribution in [3.8, 4) is 0 Å². The van der Waals surface area contributed by atoms with Crippen LogP contribution >= 0.6 is 11.6 Å². The Kier molecular flexibility index (Phi) is 38.0. The average Bonchev–Trinajstić information content (AvgIpc) is 3.06. The molecule has 0 aliphatic carbocycles. The molecule has 0 aromatic carbocycles. The fraction of sp³-hybridized carbons (Fsp3) is 0.950. The Morgan fingerprint density at radius 1 is 0.413 bits per heavy atom. The summed E-state index contributed by atoms with van der Waals surface area (Å²) < 4.78 is 16.2. The highest BCUT2D eigenvalue weighted by Gasteiger charge is 2.15. The second-order valence-electron chi connectivity index (χ2n) is 13.7. The molecule has 6 heteroatoms. The van der Waals surface area contributed by atoms with Crippen LogP contribution in [0.4, 0.5) is 0 Å². The van der Waals surface area contributed by atoms with Crippen LogP contribution in [0.1, 0.15) is 219 Å². The lowest BCUT2D eigenvalue weighted by Gasteiger charge is -2.16. The lowest BCUT2D eigenvalue weighted by molar-refractivity contribution is -0.154. The third-order valence-electron chi connectivity index (χ3n) is 9.13. The minimum Gasteiger partial charge on any atom is -0.463 e. The molecule has 0 radical (unpaired) electrons. The van der Waals surface area contributed by atoms with Gasteiger partial charge in [-0.15, -0.1) is 0 Å². The van der Waals surface area contributed by atoms with Gasteiger partial charge in [-0.1, -0.05) is 205 Å². The molecule has 0 heterocycles. The SMILES string of the molecule is CCCCCCCCCCCCCCCCCC(=O)OCC(COC(=O)CCCCCCCCCCCCCCCCC)OCCl. The lowest BCUT2D eigenvalue weighted by atomic mass is 10.0. The van der Waals surface area contributed by atoms with Crippen LogP contribution in [0, 0.1) is 0 Å². The summed E-state index contributed by atoms with van der Waals surface area (Å²) in [4.78, 5) is 24.3. The van der Waals surface area contributed by atoms with E-state index in [4.69, 9.17) is 25.8 Å². The zero-order valence-corrected chi connectivity index (χ0v) is 31.5. The number of carbonyl (C=O) groups is 2. The molecule has 0 N–H and O–H groups in total. The van der Waals surface area contributed by atoms with E-state index in [0.717, 1.165) is 25.7 Å². The maximum atomic E-state index is 12.2. The zero-order chi connectivity index (χ0) is 33.6. The van der Waals surface area contributed by atoms with Gasteiger partial charge in [0.1, 0.15) is 25.4 Å². The van der Waals surface area contributed by atoms with E-state index in [-0.39, 0.29) is 31.2 Å². The molecule has 0 fully saturated rings. The molecule has 0 atom stereocenters. The molecule has 5 nitrogen and oxygen atoms in total. The van der Waals surface area contributed by atoms with Gasteiger partial charge in [-0.05, 0) is 12.8 Å². The van der Waals surface area contributed by atoms with E-state index >= 15 is 0 Å². The number of carbonyl (C=O) groups excluding carboxylic acids is 2. The first-order valence-electron chi connectivity index (χ1n) is 20.1. The van der Waals surface area contributed by atoms with Crippen molar-refractivity contribution in [3.05, 3.63) is 0 Å². The first-order valence-corrected chi connectivity index (χ1v) is 20.7. The number of rotatable bonds is 38. The highest BCUT2D eigenvalue weighted by atomic mass is 35.5. The normalized spacial score (nSPS) is 11.4. The van der Waals surface area contributed by atoms with Gasteiger partial charge in [-0.25, -0.2) is 0 Å². The second-order valence-corrected chi connectivity index (χ2v) is 13.9. The molecule has 0 aliphatic heterocycles. The van der Waals surface area contributed by atoms with E-state index in [1.807, 2.05) is 0 Å². The van der Waals surface area contributed by atoms with Crippen molar-refractivity contribution in [2.75, 3.05) is 19.3 Å². The van der Waals surface area contributed by atoms with Crippen molar-refractivity contribution in [2.45, 2.75) is 225 Å². The van der Waals surface area contributed by atoms with E-state index in [1.165, 1.54) is 167 Å². The largest absolute Gasteiger partial charge is 0.463 e. The summed E-state index contributed by atoms with van der Waals surface area (Å²) in [6, 6.07) is -0.0299. The van der Waals surface area contributed by atoms with Gasteiger partial charge < -0.3 is 14.2 Å². The predicted octanol–water partition coefficient (Wildman–Crippen LogP) is 13.2. The van der Waals surface area contributed by atoms with Crippen LogP contribution in [0.2, 0.25) is 0 Å². The smallest absolute Gasteiger partial charge is 0.305 e. The Hall–Kier alpha value is -0.810. The topological polar surface area (TPSA) is 61.8 Å². The lowest BCUT2D eigenvalue weighted by Crippen LogP contribution is -2.28. The maximum absolute atomic E-state index is 12.2. The van der Waals surface area contributed by atoms with E-state index < -0.39 is 6.10 Å². The van der Waals surface area contributed by atoms with Gasteiger partial charge in [0.25, 0.3) is 0 Å². The van der Waals surface area contributed by atoms with Crippen molar-refractivity contribution in [2.24, 2.45) is 0 Å². The first kappa shape index (κ1) is 45.2. The number of hydrogen-bond donors (Lipinski definition) is 0. The standard InChI is InChI=1S/C40H77ClO5/c1-3-5-7-9-11-13-15-17-19-21-23-25-27-29-31-33-39(42)44-35-38(46-37-41)36-45-40(43)34-32-30-28-26-24-22-20-18-16-14-12-10-8-6-4-2/h38H,3-37H2,1-2H3. The average molecular weight is 674 g/mol. The van der Waals surface area contributed by atoms with E-state index in [2.05, 4.69) is 13.8 Å². The quantitative estimate of drug-likeness (QED) is 0.0371. The summed E-state index contributed by atoms with van der Waals surface area (Å²) in [6.07, 6.45) is 39.3. The highest BCUT2D eigenvalue weighted by molar-refractivity contribution is 6.17. The Bertz CT molecular complexity index is 579. The third-order valence-corrected chi connectivity index (χ3v) is 9.25. The van der Waals surface area contributed by atoms with Gasteiger partial charge in [0.05, 0.1) is 0 Å². The van der Waals surface area contributed by atoms with Crippen LogP contribution in [0.5, 0.6) is 0 Å². The van der Waals surface area contributed by atoms with E-state index in [9.17, 15) is 9.59 Å². The Balaban J connectivity index is 3.58. The monoisotopic (exact) mass is 673 g/mol. The van der Waals surface area contributed by atoms with Gasteiger partial charge in [-0.2, -0.15) is 0 Å². The molecule has 0 bridgehead atoms. The molecule has 0 unspecified atom stereocenters. The summed E-state index contributed by atoms with van der Waals surface area (Å²) in [7, 11) is 0. The molecule has 0 saturated heterocycles. The molecule has 274 valence electrons. The highest BCUT2D eigenvalue weighted by Crippen LogP contribution is 2.15. The van der Waals surface area contributed by atoms with Crippen LogP contribution in [0.25, 0.3) is 0 Å². The molecule has 0 aromatic rings. The molecule has 46 heavy (non-hydrogen) atoms. The molecule has 0 rings (SSSR count). The van der Waals surface area contributed by atoms with Gasteiger partial charge in [0.15, 0.2) is 0 Å². The van der Waals surface area contributed by atoms with Crippen LogP contribution in [-0.2, 0) is 23.8 Å². The molecule has 0 aromatic heterocycles. The van der Waals surface area contributed by atoms with Gasteiger partial charge in [0.2, 0.25) is 0 Å². The van der Waals surface area contributed by atoms with Crippen LogP contribution in [-0.4, -0.2) is 37.3 Å². The number of unbranched alkanes of at least 4 members (excludes halogenated alkanes) is 28. The van der Waals surface area contributed by atoms with Crippen molar-refractivity contribution in [3.63, 3.8) is 0 Å². The zero-order valence-electron chi connectivity index (χ0n) is 30.7. The fourth-order valence-electron chi connectivity index (χ4n) is 6.03. The fourth-order valence-corrected chi connectivity index (χ4v) is 6.21. The van der Waals surface area contributed by atoms with E-state index in [0.29, 0.717) is 12.8 Å². The molecule has 0 spiro atoms. The van der Waals surface area contributed by atoms with Gasteiger partial charge in [0, 0.05) is 12.8 Å². The van der Waals surface area contributed by atoms with Crippen molar-refractivity contribution < 1.29 is 23.8 Å². The van der Waals surface area contributed by atoms with Gasteiger partial charge >= 0.3 is 11.9 Å². The van der Waals surface area contributed by atoms with Crippen molar-refractivity contribution >= 4 is 23.5 Å². The summed E-state index contributed by atoms with van der Waals surface area (Å²) >= 11 is 5.74. The summed E-state index contributed by atoms with van der Waals surface area (Å²) in [5.74, 6) is -0.441. The number of esters is 2. The van der Waals surface area contributed by atoms with Crippen LogP contribution < -0.4 is 0 Å². The number of halogens is 1. The Morgan fingerprint density at radius 2 is 0.652 bits per heavy atom. The summed E-state index contributed by atoms with van der Waals surface area (Å²) in [5, 5.41) is 0. The Morgan fingerprint density at radius 3 is 0.891 bits per heavy atom. The molecular formula is C40H77ClO5. The van der Waals surface area contributed by atoms with Crippen LogP contribution in [0.3, 0.4) is 0 Å². The molecule has 0 aliphatic rings. The first-order chi connectivity index (χ1) is 22.6. The summed E-state index contributed by atoms with van der Waals surface area (Å²) in [5.41, 5.74) is 0. The minimum absolute atomic E-state index is 0.0299. The summed E-state index contributed by atoms with van der Waals surface area (Å²) in [6.45, 7) is 4.68. The number of hydrogen-bond acceptors (Lipinski definition) is 5. The second kappa shape index (κ2) is 38.6. The van der Waals surface area contributed by atoms with Gasteiger partial charge in [-0.3, -0.25) is 9.59 Å². The molecule has 0 amide bonds. The van der Waals surface area contributed by atoms with Crippen molar-refractivity contribution in [1.82, 2.24) is 0 Å². The Labute approximate surface area is 291 Å². The van der Waals surface area contributed by atoms with Crippen molar-refractivity contribution in [1.29, 1.82) is 0 Å². The van der Waals surface area contributed by atoms with Crippen LogP contribution in [0.15, 0.2) is 0 Å². The predicted molar refractivity (Wildman–Crippen MR) is 197 cm³/mol. The minimum atomic E-state index is -0.521. The third kappa shape index (κ3) is 36.0.